The molecular formula is C9H15N7S. The lowest BCUT2D eigenvalue weighted by molar-refractivity contribution is 0.555. The molecule has 1 fully saturated rings. The van der Waals surface area contributed by atoms with Crippen LogP contribution in [0.4, 0.5) is 0 Å². The number of aliphatic imine (C=N–C) groups is 2. The fourth-order valence-electron chi connectivity index (χ4n) is 1.62. The standard InChI is InChI=1S/C9H15N7S/c10-8(11)14-9(12)13-7-4-5(15-16-7)6-2-1-3-17-6/h1-3,5,7,15-16H,4H2,(H6,10,11,12,13,14). The van der Waals surface area contributed by atoms with E-state index in [-0.39, 0.29) is 24.1 Å². The zero-order valence-electron chi connectivity index (χ0n) is 9.13. The number of hydrogen-bond donors (Lipinski definition) is 5. The van der Waals surface area contributed by atoms with Crippen molar-refractivity contribution in [1.82, 2.24) is 10.9 Å². The van der Waals surface area contributed by atoms with Gasteiger partial charge in [-0.1, -0.05) is 6.07 Å². The summed E-state index contributed by atoms with van der Waals surface area (Å²) < 4.78 is 0. The summed E-state index contributed by atoms with van der Waals surface area (Å²) in [6.07, 6.45) is 0.687. The Balaban J connectivity index is 1.97. The van der Waals surface area contributed by atoms with Gasteiger partial charge in [0, 0.05) is 11.3 Å². The highest BCUT2D eigenvalue weighted by molar-refractivity contribution is 7.10. The Morgan fingerprint density at radius 3 is 2.82 bits per heavy atom. The zero-order valence-corrected chi connectivity index (χ0v) is 9.95. The van der Waals surface area contributed by atoms with Crippen molar-refractivity contribution in [2.24, 2.45) is 27.2 Å². The first-order valence-corrected chi connectivity index (χ1v) is 6.00. The lowest BCUT2D eigenvalue weighted by Gasteiger charge is -2.04. The number of nitrogens with two attached hydrogens (primary N) is 3. The van der Waals surface area contributed by atoms with E-state index in [1.165, 1.54) is 4.88 Å². The number of nitrogens with one attached hydrogen (secondary N) is 2. The van der Waals surface area contributed by atoms with Gasteiger partial charge >= 0.3 is 0 Å². The molecule has 1 aromatic heterocycles. The number of thiophene rings is 1. The van der Waals surface area contributed by atoms with Gasteiger partial charge in [0.2, 0.25) is 5.96 Å². The lowest BCUT2D eigenvalue weighted by Crippen LogP contribution is -2.32. The molecule has 17 heavy (non-hydrogen) atoms. The van der Waals surface area contributed by atoms with Gasteiger partial charge in [-0.3, -0.25) is 0 Å². The van der Waals surface area contributed by atoms with Gasteiger partial charge in [-0.25, -0.2) is 15.8 Å². The maximum Gasteiger partial charge on any atom is 0.220 e. The van der Waals surface area contributed by atoms with Crippen LogP contribution >= 0.6 is 11.3 Å². The predicted molar refractivity (Wildman–Crippen MR) is 69.2 cm³/mol. The van der Waals surface area contributed by atoms with E-state index in [0.29, 0.717) is 0 Å². The van der Waals surface area contributed by atoms with Gasteiger partial charge in [0.1, 0.15) is 6.17 Å². The van der Waals surface area contributed by atoms with Crippen LogP contribution in [0.1, 0.15) is 17.3 Å². The van der Waals surface area contributed by atoms with E-state index >= 15 is 0 Å². The maximum atomic E-state index is 5.56. The third-order valence-corrected chi connectivity index (χ3v) is 3.29. The number of guanidine groups is 2. The molecule has 1 saturated heterocycles. The largest absolute Gasteiger partial charge is 0.370 e. The summed E-state index contributed by atoms with van der Waals surface area (Å²) in [6.45, 7) is 0. The summed E-state index contributed by atoms with van der Waals surface area (Å²) in [5.41, 5.74) is 22.2. The van der Waals surface area contributed by atoms with Crippen LogP contribution in [0.2, 0.25) is 0 Å². The van der Waals surface area contributed by atoms with Crippen LogP contribution in [0, 0.1) is 0 Å². The Bertz CT molecular complexity index is 421. The lowest BCUT2D eigenvalue weighted by atomic mass is 10.2. The number of hydrazine groups is 1. The highest BCUT2D eigenvalue weighted by atomic mass is 32.1. The summed E-state index contributed by atoms with van der Waals surface area (Å²) in [5.74, 6) is -0.0110. The van der Waals surface area contributed by atoms with E-state index < -0.39 is 0 Å². The second kappa shape index (κ2) is 5.13. The molecule has 2 unspecified atom stereocenters. The number of hydrogen-bond acceptors (Lipinski definition) is 4. The molecule has 2 heterocycles. The molecule has 0 spiro atoms. The van der Waals surface area contributed by atoms with Gasteiger partial charge in [-0.15, -0.1) is 11.3 Å². The van der Waals surface area contributed by atoms with Crippen LogP contribution in [-0.2, 0) is 0 Å². The van der Waals surface area contributed by atoms with Crippen molar-refractivity contribution in [2.45, 2.75) is 18.6 Å². The minimum absolute atomic E-state index is 0.0797. The topological polar surface area (TPSA) is 127 Å². The SMILES string of the molecule is NC(N)=N/C(N)=N\C1CC(c2cccs2)NN1. The molecule has 0 radical (unpaired) electrons. The fourth-order valence-corrected chi connectivity index (χ4v) is 2.41. The number of rotatable bonds is 2. The van der Waals surface area contributed by atoms with Gasteiger partial charge in [0.15, 0.2) is 5.96 Å². The first kappa shape index (κ1) is 11.8. The van der Waals surface area contributed by atoms with E-state index in [0.717, 1.165) is 6.42 Å². The van der Waals surface area contributed by atoms with E-state index in [1.54, 1.807) is 11.3 Å². The van der Waals surface area contributed by atoms with Gasteiger partial charge in [0.25, 0.3) is 0 Å². The summed E-state index contributed by atoms with van der Waals surface area (Å²) in [7, 11) is 0. The molecule has 0 amide bonds. The quantitative estimate of drug-likeness (QED) is 0.348. The van der Waals surface area contributed by atoms with Gasteiger partial charge in [-0.05, 0) is 11.4 Å². The Morgan fingerprint density at radius 1 is 1.35 bits per heavy atom. The van der Waals surface area contributed by atoms with E-state index in [2.05, 4.69) is 26.9 Å². The maximum absolute atomic E-state index is 5.56. The molecule has 7 nitrogen and oxygen atoms in total. The van der Waals surface area contributed by atoms with Crippen LogP contribution in [-0.4, -0.2) is 18.1 Å². The van der Waals surface area contributed by atoms with Gasteiger partial charge in [-0.2, -0.15) is 4.99 Å². The molecule has 92 valence electrons. The van der Waals surface area contributed by atoms with E-state index in [1.807, 2.05) is 11.4 Å². The predicted octanol–water partition coefficient (Wildman–Crippen LogP) is -0.799. The molecule has 0 bridgehead atoms. The fraction of sp³-hybridized carbons (Fsp3) is 0.333. The third-order valence-electron chi connectivity index (χ3n) is 2.30. The smallest absolute Gasteiger partial charge is 0.220 e. The van der Waals surface area contributed by atoms with Crippen molar-refractivity contribution in [1.29, 1.82) is 0 Å². The summed E-state index contributed by atoms with van der Waals surface area (Å²) in [6, 6.07) is 4.34. The molecule has 2 atom stereocenters. The molecule has 1 aliphatic rings. The first-order valence-electron chi connectivity index (χ1n) is 5.12. The van der Waals surface area contributed by atoms with Crippen molar-refractivity contribution in [3.05, 3.63) is 22.4 Å². The van der Waals surface area contributed by atoms with Crippen molar-refractivity contribution in [3.63, 3.8) is 0 Å². The molecule has 2 rings (SSSR count). The molecular weight excluding hydrogens is 238 g/mol. The average Bonchev–Trinajstić information content (AvgIpc) is 2.84. The van der Waals surface area contributed by atoms with Gasteiger partial charge in [0.05, 0.1) is 6.04 Å². The monoisotopic (exact) mass is 253 g/mol. The van der Waals surface area contributed by atoms with Gasteiger partial charge < -0.3 is 17.2 Å². The molecule has 1 aliphatic heterocycles. The van der Waals surface area contributed by atoms with Crippen molar-refractivity contribution in [2.75, 3.05) is 0 Å². The minimum atomic E-state index is -0.120. The van der Waals surface area contributed by atoms with Crippen LogP contribution in [0.15, 0.2) is 27.5 Å². The van der Waals surface area contributed by atoms with Crippen LogP contribution in [0.5, 0.6) is 0 Å². The molecule has 0 aromatic carbocycles. The van der Waals surface area contributed by atoms with E-state index in [9.17, 15) is 0 Å². The Hall–Kier alpha value is -1.64. The third kappa shape index (κ3) is 3.16. The summed E-state index contributed by atoms with van der Waals surface area (Å²) in [5, 5.41) is 2.04. The van der Waals surface area contributed by atoms with Crippen LogP contribution in [0.3, 0.4) is 0 Å². The normalized spacial score (nSPS) is 24.8. The van der Waals surface area contributed by atoms with Crippen LogP contribution < -0.4 is 28.1 Å². The highest BCUT2D eigenvalue weighted by Crippen LogP contribution is 2.26. The Labute approximate surface area is 103 Å². The molecule has 8 heteroatoms. The molecule has 1 aromatic rings. The van der Waals surface area contributed by atoms with Crippen LogP contribution in [0.25, 0.3) is 0 Å². The first-order chi connectivity index (χ1) is 8.15. The minimum Gasteiger partial charge on any atom is -0.370 e. The average molecular weight is 253 g/mol. The highest BCUT2D eigenvalue weighted by Gasteiger charge is 2.25. The summed E-state index contributed by atoms with van der Waals surface area (Å²) in [4.78, 5) is 9.08. The van der Waals surface area contributed by atoms with Crippen molar-refractivity contribution in [3.8, 4) is 0 Å². The Morgan fingerprint density at radius 2 is 2.18 bits per heavy atom. The molecule has 0 aliphatic carbocycles. The second-order valence-electron chi connectivity index (χ2n) is 3.63. The van der Waals surface area contributed by atoms with E-state index in [4.69, 9.17) is 17.2 Å². The molecule has 8 N–H and O–H groups in total. The second-order valence-corrected chi connectivity index (χ2v) is 4.61. The summed E-state index contributed by atoms with van der Waals surface area (Å²) >= 11 is 1.70. The Kier molecular flexibility index (Phi) is 3.57. The molecule has 0 saturated carbocycles. The van der Waals surface area contributed by atoms with Crippen molar-refractivity contribution >= 4 is 23.3 Å². The zero-order chi connectivity index (χ0) is 12.3. The number of nitrogens with zero attached hydrogens (tertiary/aromatic N) is 2. The van der Waals surface area contributed by atoms with Crippen molar-refractivity contribution < 1.29 is 0 Å².